The summed E-state index contributed by atoms with van der Waals surface area (Å²) in [5.74, 6) is -1.37. The van der Waals surface area contributed by atoms with E-state index in [9.17, 15) is 19.2 Å². The van der Waals surface area contributed by atoms with Gasteiger partial charge in [0.25, 0.3) is 0 Å². The second-order valence-electron chi connectivity index (χ2n) is 12.5. The number of carbonyl (C=O) groups is 4. The van der Waals surface area contributed by atoms with Crippen molar-refractivity contribution < 1.29 is 28.7 Å². The summed E-state index contributed by atoms with van der Waals surface area (Å²) in [6, 6.07) is 21.3. The van der Waals surface area contributed by atoms with Crippen LogP contribution in [-0.2, 0) is 36.9 Å². The number of carbonyl (C=O) groups excluding carboxylic acids is 4. The van der Waals surface area contributed by atoms with E-state index in [1.165, 1.54) is 4.90 Å². The normalized spacial score (nSPS) is 16.9. The maximum Gasteiger partial charge on any atom is 0.408 e. The van der Waals surface area contributed by atoms with Crippen LogP contribution < -0.4 is 10.6 Å². The molecule has 0 radical (unpaired) electrons. The Kier molecular flexibility index (Phi) is 10.3. The van der Waals surface area contributed by atoms with Gasteiger partial charge in [0.15, 0.2) is 0 Å². The lowest BCUT2D eigenvalue weighted by Gasteiger charge is -2.33. The Labute approximate surface area is 259 Å². The Balaban J connectivity index is 1.58. The predicted octanol–water partition coefficient (Wildman–Crippen LogP) is 5.29. The van der Waals surface area contributed by atoms with Crippen molar-refractivity contribution in [3.63, 3.8) is 0 Å². The van der Waals surface area contributed by atoms with Crippen LogP contribution in [0, 0.1) is 0 Å². The molecule has 3 aromatic carbocycles. The van der Waals surface area contributed by atoms with Crippen LogP contribution in [0.15, 0.2) is 72.8 Å². The molecule has 0 aliphatic carbocycles. The van der Waals surface area contributed by atoms with Crippen LogP contribution in [0.4, 0.5) is 4.79 Å². The van der Waals surface area contributed by atoms with E-state index in [4.69, 9.17) is 9.47 Å². The fraction of sp³-hybridized carbons (Fsp3) is 0.429. The van der Waals surface area contributed by atoms with E-state index in [-0.39, 0.29) is 25.4 Å². The Morgan fingerprint density at radius 3 is 2.32 bits per heavy atom. The lowest BCUT2D eigenvalue weighted by Crippen LogP contribution is -2.61. The largest absolute Gasteiger partial charge is 0.459 e. The molecule has 0 bridgehead atoms. The van der Waals surface area contributed by atoms with E-state index in [0.717, 1.165) is 21.9 Å². The third-order valence-electron chi connectivity index (χ3n) is 7.92. The van der Waals surface area contributed by atoms with Crippen LogP contribution in [0.2, 0.25) is 0 Å². The molecule has 9 heteroatoms. The molecule has 1 aliphatic heterocycles. The van der Waals surface area contributed by atoms with Crippen molar-refractivity contribution in [1.29, 1.82) is 0 Å². The number of hydrogen-bond donors (Lipinski definition) is 2. The average molecular weight is 602 g/mol. The molecule has 3 amide bonds. The number of ether oxygens (including phenoxy) is 2. The van der Waals surface area contributed by atoms with Gasteiger partial charge in [-0.2, -0.15) is 0 Å². The highest BCUT2D eigenvalue weighted by Crippen LogP contribution is 2.25. The zero-order valence-corrected chi connectivity index (χ0v) is 26.2. The standard InChI is InChI=1S/C35H43N3O6/c1-6-35(5,37-33(42)44-34(2,3)4)32(41)36-28(22-26-18-12-17-25-16-10-11-19-27(25)26)30(39)38-21-13-20-29(38)31(40)43-23-24-14-8-7-9-15-24/h7-12,14-19,28-29H,6,13,20-23H2,1-5H3,(H,36,41)(H,37,42)/t28?,29-,35+/m1/s1. The van der Waals surface area contributed by atoms with Crippen molar-refractivity contribution in [1.82, 2.24) is 15.5 Å². The molecular weight excluding hydrogens is 558 g/mol. The van der Waals surface area contributed by atoms with Crippen molar-refractivity contribution in [2.75, 3.05) is 6.54 Å². The highest BCUT2D eigenvalue weighted by atomic mass is 16.6. The molecule has 3 aromatic rings. The van der Waals surface area contributed by atoms with Crippen LogP contribution in [-0.4, -0.2) is 58.5 Å². The number of esters is 1. The number of likely N-dealkylation sites (tertiary alicyclic amines) is 1. The van der Waals surface area contributed by atoms with Crippen molar-refractivity contribution in [3.05, 3.63) is 83.9 Å². The molecule has 1 aliphatic rings. The first-order valence-corrected chi connectivity index (χ1v) is 15.2. The van der Waals surface area contributed by atoms with Gasteiger partial charge < -0.3 is 25.0 Å². The van der Waals surface area contributed by atoms with Crippen LogP contribution in [0.25, 0.3) is 10.8 Å². The summed E-state index contributed by atoms with van der Waals surface area (Å²) in [4.78, 5) is 55.4. The summed E-state index contributed by atoms with van der Waals surface area (Å²) >= 11 is 0. The zero-order valence-electron chi connectivity index (χ0n) is 26.2. The fourth-order valence-corrected chi connectivity index (χ4v) is 5.34. The quantitative estimate of drug-likeness (QED) is 0.305. The second-order valence-corrected chi connectivity index (χ2v) is 12.5. The SMILES string of the molecule is CC[C@](C)(NC(=O)OC(C)(C)C)C(=O)NC(Cc1cccc2ccccc12)C(=O)N1CCC[C@@H]1C(=O)OCc1ccccc1. The van der Waals surface area contributed by atoms with Gasteiger partial charge in [0, 0.05) is 13.0 Å². The van der Waals surface area contributed by atoms with Crippen molar-refractivity contribution in [2.24, 2.45) is 0 Å². The van der Waals surface area contributed by atoms with E-state index in [1.54, 1.807) is 34.6 Å². The van der Waals surface area contributed by atoms with Crippen LogP contribution in [0.1, 0.15) is 65.0 Å². The van der Waals surface area contributed by atoms with Gasteiger partial charge in [0.2, 0.25) is 11.8 Å². The molecule has 9 nitrogen and oxygen atoms in total. The predicted molar refractivity (Wildman–Crippen MR) is 169 cm³/mol. The third kappa shape index (κ3) is 8.15. The number of fused-ring (bicyclic) bond motifs is 1. The summed E-state index contributed by atoms with van der Waals surface area (Å²) < 4.78 is 11.0. The Hall–Kier alpha value is -4.40. The minimum atomic E-state index is -1.35. The number of benzene rings is 3. The van der Waals surface area contributed by atoms with Gasteiger partial charge in [-0.15, -0.1) is 0 Å². The summed E-state index contributed by atoms with van der Waals surface area (Å²) in [5, 5.41) is 7.60. The molecule has 1 unspecified atom stereocenters. The molecule has 44 heavy (non-hydrogen) atoms. The van der Waals surface area contributed by atoms with Gasteiger partial charge in [-0.25, -0.2) is 9.59 Å². The molecule has 3 atom stereocenters. The van der Waals surface area contributed by atoms with Gasteiger partial charge in [0.05, 0.1) is 0 Å². The van der Waals surface area contributed by atoms with E-state index in [2.05, 4.69) is 10.6 Å². The summed E-state index contributed by atoms with van der Waals surface area (Å²) in [6.45, 7) is 9.08. The summed E-state index contributed by atoms with van der Waals surface area (Å²) in [5.41, 5.74) is -0.364. The van der Waals surface area contributed by atoms with E-state index in [1.807, 2.05) is 72.8 Å². The minimum Gasteiger partial charge on any atom is -0.459 e. The topological polar surface area (TPSA) is 114 Å². The van der Waals surface area contributed by atoms with E-state index >= 15 is 0 Å². The first-order valence-electron chi connectivity index (χ1n) is 15.2. The highest BCUT2D eigenvalue weighted by molar-refractivity contribution is 5.96. The van der Waals surface area contributed by atoms with Gasteiger partial charge in [0.1, 0.15) is 29.8 Å². The molecule has 1 fully saturated rings. The first-order chi connectivity index (χ1) is 20.9. The maximum atomic E-state index is 14.2. The lowest BCUT2D eigenvalue weighted by molar-refractivity contribution is -0.155. The number of rotatable bonds is 10. The van der Waals surface area contributed by atoms with Crippen LogP contribution in [0.5, 0.6) is 0 Å². The molecule has 0 saturated carbocycles. The molecule has 1 heterocycles. The molecular formula is C35H43N3O6. The van der Waals surface area contributed by atoms with Crippen molar-refractivity contribution in [3.8, 4) is 0 Å². The van der Waals surface area contributed by atoms with Crippen LogP contribution in [0.3, 0.4) is 0 Å². The van der Waals surface area contributed by atoms with Gasteiger partial charge >= 0.3 is 12.1 Å². The molecule has 0 aromatic heterocycles. The van der Waals surface area contributed by atoms with Gasteiger partial charge in [-0.3, -0.25) is 9.59 Å². The number of alkyl carbamates (subject to hydrolysis) is 1. The second kappa shape index (κ2) is 13.9. The van der Waals surface area contributed by atoms with Crippen LogP contribution >= 0.6 is 0 Å². The monoisotopic (exact) mass is 601 g/mol. The third-order valence-corrected chi connectivity index (χ3v) is 7.92. The Morgan fingerprint density at radius 1 is 0.932 bits per heavy atom. The highest BCUT2D eigenvalue weighted by Gasteiger charge is 2.41. The summed E-state index contributed by atoms with van der Waals surface area (Å²) in [6.07, 6.45) is 0.834. The van der Waals surface area contributed by atoms with Gasteiger partial charge in [-0.1, -0.05) is 79.7 Å². The number of hydrogen-bond acceptors (Lipinski definition) is 6. The van der Waals surface area contributed by atoms with Gasteiger partial charge in [-0.05, 0) is 68.9 Å². The fourth-order valence-electron chi connectivity index (χ4n) is 5.34. The number of amides is 3. The average Bonchev–Trinajstić information content (AvgIpc) is 3.49. The Morgan fingerprint density at radius 2 is 1.61 bits per heavy atom. The molecule has 0 spiro atoms. The summed E-state index contributed by atoms with van der Waals surface area (Å²) in [7, 11) is 0. The Bertz CT molecular complexity index is 1480. The zero-order chi connectivity index (χ0) is 31.9. The smallest absolute Gasteiger partial charge is 0.408 e. The molecule has 234 valence electrons. The maximum absolute atomic E-state index is 14.2. The van der Waals surface area contributed by atoms with Crippen molar-refractivity contribution in [2.45, 2.75) is 90.1 Å². The minimum absolute atomic E-state index is 0.111. The number of nitrogens with one attached hydrogen (secondary N) is 2. The first kappa shape index (κ1) is 32.5. The lowest BCUT2D eigenvalue weighted by atomic mass is 9.94. The van der Waals surface area contributed by atoms with Crippen molar-refractivity contribution >= 4 is 34.6 Å². The molecule has 2 N–H and O–H groups in total. The number of nitrogens with zero attached hydrogens (tertiary/aromatic N) is 1. The van der Waals surface area contributed by atoms with E-state index in [0.29, 0.717) is 19.4 Å². The molecule has 1 saturated heterocycles. The molecule has 4 rings (SSSR count). The van der Waals surface area contributed by atoms with E-state index < -0.39 is 41.2 Å².